The van der Waals surface area contributed by atoms with Crippen molar-refractivity contribution in [2.24, 2.45) is 0 Å². The molecule has 2 heterocycles. The van der Waals surface area contributed by atoms with Crippen LogP contribution in [-0.4, -0.2) is 57.3 Å². The van der Waals surface area contributed by atoms with Gasteiger partial charge < -0.3 is 4.90 Å². The van der Waals surface area contributed by atoms with E-state index in [4.69, 9.17) is 0 Å². The lowest BCUT2D eigenvalue weighted by atomic mass is 10.1. The zero-order chi connectivity index (χ0) is 18.6. The Morgan fingerprint density at radius 2 is 1.88 bits per heavy atom. The molecule has 1 fully saturated rings. The van der Waals surface area contributed by atoms with E-state index in [1.54, 1.807) is 24.5 Å². The molecule has 0 saturated carbocycles. The van der Waals surface area contributed by atoms with Gasteiger partial charge in [0.1, 0.15) is 5.82 Å². The molecule has 1 aliphatic rings. The Morgan fingerprint density at radius 3 is 2.50 bits per heavy atom. The maximum Gasteiger partial charge on any atom is 0.208 e. The number of rotatable bonds is 6. The summed E-state index contributed by atoms with van der Waals surface area (Å²) < 4.78 is 39.7. The van der Waals surface area contributed by atoms with Gasteiger partial charge in [-0.05, 0) is 23.8 Å². The van der Waals surface area contributed by atoms with Crippen LogP contribution in [0.25, 0.3) is 0 Å². The zero-order valence-corrected chi connectivity index (χ0v) is 15.5. The highest BCUT2D eigenvalue weighted by Crippen LogP contribution is 2.25. The summed E-state index contributed by atoms with van der Waals surface area (Å²) in [4.78, 5) is 8.39. The number of hydrogen-bond acceptors (Lipinski definition) is 5. The summed E-state index contributed by atoms with van der Waals surface area (Å²) in [5, 5.41) is 0. The maximum atomic E-state index is 14.0. The van der Waals surface area contributed by atoms with E-state index < -0.39 is 10.0 Å². The van der Waals surface area contributed by atoms with Gasteiger partial charge >= 0.3 is 0 Å². The van der Waals surface area contributed by atoms with Crippen LogP contribution >= 0.6 is 0 Å². The van der Waals surface area contributed by atoms with Gasteiger partial charge in [0.15, 0.2) is 0 Å². The van der Waals surface area contributed by atoms with Gasteiger partial charge in [0, 0.05) is 51.2 Å². The molecule has 1 unspecified atom stereocenters. The van der Waals surface area contributed by atoms with Gasteiger partial charge in [-0.2, -0.15) is 0 Å². The molecule has 0 aliphatic carbocycles. The molecule has 140 valence electrons. The normalized spacial score (nSPS) is 17.2. The number of benzene rings is 1. The van der Waals surface area contributed by atoms with Crippen molar-refractivity contribution in [2.75, 3.05) is 43.9 Å². The predicted molar refractivity (Wildman–Crippen MR) is 100 cm³/mol. The van der Waals surface area contributed by atoms with Crippen molar-refractivity contribution in [2.45, 2.75) is 6.04 Å². The first kappa shape index (κ1) is 18.8. The van der Waals surface area contributed by atoms with Gasteiger partial charge in [0.25, 0.3) is 0 Å². The summed E-state index contributed by atoms with van der Waals surface area (Å²) in [6.45, 7) is 3.05. The van der Waals surface area contributed by atoms with Gasteiger partial charge in [-0.25, -0.2) is 17.5 Å². The van der Waals surface area contributed by atoms with Crippen molar-refractivity contribution < 1.29 is 12.8 Å². The summed E-state index contributed by atoms with van der Waals surface area (Å²) in [5.74, 6) is -0.219. The van der Waals surface area contributed by atoms with Crippen molar-refractivity contribution in [1.29, 1.82) is 0 Å². The topological polar surface area (TPSA) is 65.5 Å². The summed E-state index contributed by atoms with van der Waals surface area (Å²) >= 11 is 0. The molecule has 0 radical (unpaired) electrons. The SMILES string of the molecule is CS(=O)(=O)NCC(c1cccnc1)N1CCN(c2ccccc2F)CC1. The van der Waals surface area contributed by atoms with Gasteiger partial charge in [-0.15, -0.1) is 0 Å². The van der Waals surface area contributed by atoms with Crippen molar-refractivity contribution in [3.05, 3.63) is 60.2 Å². The standard InChI is InChI=1S/C18H23FN4O2S/c1-26(24,25)21-14-18(15-5-4-8-20-13-15)23-11-9-22(10-12-23)17-7-3-2-6-16(17)19/h2-8,13,18,21H,9-12,14H2,1H3. The molecule has 1 saturated heterocycles. The fraction of sp³-hybridized carbons (Fsp3) is 0.389. The summed E-state index contributed by atoms with van der Waals surface area (Å²) in [7, 11) is -3.28. The molecule has 26 heavy (non-hydrogen) atoms. The largest absolute Gasteiger partial charge is 0.367 e. The molecule has 0 bridgehead atoms. The van der Waals surface area contributed by atoms with Crippen LogP contribution in [0, 0.1) is 5.82 Å². The molecule has 1 aliphatic heterocycles. The van der Waals surface area contributed by atoms with Crippen LogP contribution in [0.3, 0.4) is 0 Å². The Balaban J connectivity index is 1.71. The number of hydrogen-bond donors (Lipinski definition) is 1. The third-order valence-corrected chi connectivity index (χ3v) is 5.25. The summed E-state index contributed by atoms with van der Waals surface area (Å²) in [5.41, 5.74) is 1.57. The molecular weight excluding hydrogens is 355 g/mol. The fourth-order valence-electron chi connectivity index (χ4n) is 3.24. The summed E-state index contributed by atoms with van der Waals surface area (Å²) in [6.07, 6.45) is 4.61. The van der Waals surface area contributed by atoms with Crippen molar-refractivity contribution in [3.63, 3.8) is 0 Å². The van der Waals surface area contributed by atoms with Crippen molar-refractivity contribution in [1.82, 2.24) is 14.6 Å². The van der Waals surface area contributed by atoms with Gasteiger partial charge in [-0.3, -0.25) is 9.88 Å². The lowest BCUT2D eigenvalue weighted by Crippen LogP contribution is -2.50. The Labute approximate surface area is 153 Å². The smallest absolute Gasteiger partial charge is 0.208 e. The van der Waals surface area contributed by atoms with E-state index in [-0.39, 0.29) is 18.4 Å². The highest BCUT2D eigenvalue weighted by molar-refractivity contribution is 7.88. The van der Waals surface area contributed by atoms with E-state index in [1.165, 1.54) is 6.07 Å². The van der Waals surface area contributed by atoms with Crippen LogP contribution in [0.1, 0.15) is 11.6 Å². The van der Waals surface area contributed by atoms with Crippen LogP contribution in [0.5, 0.6) is 0 Å². The van der Waals surface area contributed by atoms with E-state index in [9.17, 15) is 12.8 Å². The number of anilines is 1. The van der Waals surface area contributed by atoms with E-state index in [1.807, 2.05) is 23.1 Å². The average Bonchev–Trinajstić information content (AvgIpc) is 2.63. The molecule has 6 nitrogen and oxygen atoms in total. The van der Waals surface area contributed by atoms with E-state index in [2.05, 4.69) is 14.6 Å². The molecule has 0 spiro atoms. The second-order valence-electron chi connectivity index (χ2n) is 6.40. The number of para-hydroxylation sites is 1. The van der Waals surface area contributed by atoms with Gasteiger partial charge in [0.2, 0.25) is 10.0 Å². The molecule has 2 aromatic rings. The van der Waals surface area contributed by atoms with E-state index in [0.29, 0.717) is 31.9 Å². The molecule has 1 N–H and O–H groups in total. The molecule has 1 aromatic carbocycles. The lowest BCUT2D eigenvalue weighted by Gasteiger charge is -2.40. The Kier molecular flexibility index (Phi) is 5.85. The Hall–Kier alpha value is -2.03. The second-order valence-corrected chi connectivity index (χ2v) is 8.23. The number of pyridine rings is 1. The first-order valence-electron chi connectivity index (χ1n) is 8.52. The monoisotopic (exact) mass is 378 g/mol. The third-order valence-electron chi connectivity index (χ3n) is 4.56. The van der Waals surface area contributed by atoms with Gasteiger partial charge in [-0.1, -0.05) is 18.2 Å². The molecule has 3 rings (SSSR count). The van der Waals surface area contributed by atoms with Crippen LogP contribution in [0.15, 0.2) is 48.8 Å². The van der Waals surface area contributed by atoms with Crippen LogP contribution in [0.2, 0.25) is 0 Å². The number of aromatic nitrogens is 1. The first-order chi connectivity index (χ1) is 12.4. The molecule has 1 aromatic heterocycles. The van der Waals surface area contributed by atoms with E-state index >= 15 is 0 Å². The minimum Gasteiger partial charge on any atom is -0.367 e. The number of nitrogens with one attached hydrogen (secondary N) is 1. The highest BCUT2D eigenvalue weighted by atomic mass is 32.2. The minimum absolute atomic E-state index is 0.110. The number of sulfonamides is 1. The Bertz CT molecular complexity index is 824. The average molecular weight is 378 g/mol. The Morgan fingerprint density at radius 1 is 1.15 bits per heavy atom. The number of piperazine rings is 1. The molecule has 1 atom stereocenters. The number of halogens is 1. The van der Waals surface area contributed by atoms with Gasteiger partial charge in [0.05, 0.1) is 11.9 Å². The van der Waals surface area contributed by atoms with Crippen LogP contribution < -0.4 is 9.62 Å². The van der Waals surface area contributed by atoms with Crippen LogP contribution in [0.4, 0.5) is 10.1 Å². The first-order valence-corrected chi connectivity index (χ1v) is 10.4. The highest BCUT2D eigenvalue weighted by Gasteiger charge is 2.26. The summed E-state index contributed by atoms with van der Waals surface area (Å²) in [6, 6.07) is 10.5. The van der Waals surface area contributed by atoms with Crippen molar-refractivity contribution >= 4 is 15.7 Å². The number of nitrogens with zero attached hydrogens (tertiary/aromatic N) is 3. The fourth-order valence-corrected chi connectivity index (χ4v) is 3.70. The predicted octanol–water partition coefficient (Wildman–Crippen LogP) is 1.63. The van der Waals surface area contributed by atoms with Crippen molar-refractivity contribution in [3.8, 4) is 0 Å². The molecular formula is C18H23FN4O2S. The molecule has 0 amide bonds. The van der Waals surface area contributed by atoms with Crippen LogP contribution in [-0.2, 0) is 10.0 Å². The minimum atomic E-state index is -3.28. The third kappa shape index (κ3) is 4.78. The van der Waals surface area contributed by atoms with E-state index in [0.717, 1.165) is 11.8 Å². The lowest BCUT2D eigenvalue weighted by molar-refractivity contribution is 0.186. The quantitative estimate of drug-likeness (QED) is 0.828. The zero-order valence-electron chi connectivity index (χ0n) is 14.7. The molecule has 8 heteroatoms. The second kappa shape index (κ2) is 8.11. The maximum absolute atomic E-state index is 14.0.